The lowest BCUT2D eigenvalue weighted by molar-refractivity contribution is -0.115. The molecule has 0 spiro atoms. The Morgan fingerprint density at radius 2 is 1.71 bits per heavy atom. The van der Waals surface area contributed by atoms with Gasteiger partial charge in [0.1, 0.15) is 5.69 Å². The van der Waals surface area contributed by atoms with E-state index < -0.39 is 45.9 Å². The average molecular weight is 365 g/mol. The summed E-state index contributed by atoms with van der Waals surface area (Å²) in [5.74, 6) is -11.6. The standard InChI is InChI=1S/C14H12F5N3OS/c1-3-22-5-4-20-14(22)24-6(2)13(23)21-12-10(18)8(16)7(15)9(17)11(12)19/h4-6H,3H2,1-2H3,(H,21,23)/t6-/m0/s1. The molecule has 0 saturated carbocycles. The van der Waals surface area contributed by atoms with Gasteiger partial charge < -0.3 is 9.88 Å². The number of hydrogen-bond donors (Lipinski definition) is 1. The van der Waals surface area contributed by atoms with Gasteiger partial charge in [0.05, 0.1) is 5.25 Å². The number of amides is 1. The van der Waals surface area contributed by atoms with E-state index >= 15 is 0 Å². The molecule has 130 valence electrons. The molecule has 1 N–H and O–H groups in total. The van der Waals surface area contributed by atoms with Crippen LogP contribution in [0.25, 0.3) is 0 Å². The number of aromatic nitrogens is 2. The first kappa shape index (κ1) is 18.2. The minimum absolute atomic E-state index is 0.484. The van der Waals surface area contributed by atoms with Crippen molar-refractivity contribution in [3.05, 3.63) is 41.5 Å². The van der Waals surface area contributed by atoms with E-state index in [0.717, 1.165) is 11.8 Å². The second-order valence-corrected chi connectivity index (χ2v) is 6.00. The monoisotopic (exact) mass is 365 g/mol. The van der Waals surface area contributed by atoms with Crippen molar-refractivity contribution in [3.63, 3.8) is 0 Å². The van der Waals surface area contributed by atoms with Gasteiger partial charge in [-0.1, -0.05) is 11.8 Å². The van der Waals surface area contributed by atoms with Crippen molar-refractivity contribution in [1.29, 1.82) is 0 Å². The van der Waals surface area contributed by atoms with Gasteiger partial charge in [-0.3, -0.25) is 4.79 Å². The van der Waals surface area contributed by atoms with E-state index in [0.29, 0.717) is 11.7 Å². The van der Waals surface area contributed by atoms with Crippen molar-refractivity contribution < 1.29 is 26.7 Å². The molecule has 4 nitrogen and oxygen atoms in total. The third kappa shape index (κ3) is 3.37. The smallest absolute Gasteiger partial charge is 0.237 e. The molecule has 1 heterocycles. The average Bonchev–Trinajstić information content (AvgIpc) is 3.01. The van der Waals surface area contributed by atoms with Crippen LogP contribution in [0.1, 0.15) is 13.8 Å². The predicted octanol–water partition coefficient (Wildman–Crippen LogP) is 3.72. The number of thioether (sulfide) groups is 1. The molecule has 0 unspecified atom stereocenters. The van der Waals surface area contributed by atoms with Gasteiger partial charge in [0.15, 0.2) is 28.4 Å². The van der Waals surface area contributed by atoms with Gasteiger partial charge in [-0.25, -0.2) is 26.9 Å². The minimum Gasteiger partial charge on any atom is -0.326 e. The van der Waals surface area contributed by atoms with Crippen molar-refractivity contribution >= 4 is 23.4 Å². The molecule has 0 radical (unpaired) electrons. The second-order valence-electron chi connectivity index (χ2n) is 4.69. The molecule has 1 atom stereocenters. The zero-order chi connectivity index (χ0) is 18.0. The lowest BCUT2D eigenvalue weighted by Gasteiger charge is -2.14. The van der Waals surface area contributed by atoms with E-state index in [9.17, 15) is 26.7 Å². The Labute approximate surface area is 138 Å². The lowest BCUT2D eigenvalue weighted by Crippen LogP contribution is -2.25. The van der Waals surface area contributed by atoms with Gasteiger partial charge >= 0.3 is 0 Å². The predicted molar refractivity (Wildman–Crippen MR) is 78.1 cm³/mol. The summed E-state index contributed by atoms with van der Waals surface area (Å²) in [7, 11) is 0. The topological polar surface area (TPSA) is 46.9 Å². The Morgan fingerprint density at radius 3 is 2.25 bits per heavy atom. The molecule has 1 aromatic heterocycles. The second kappa shape index (κ2) is 7.20. The molecule has 0 bridgehead atoms. The first-order chi connectivity index (χ1) is 11.3. The van der Waals surface area contributed by atoms with Crippen molar-refractivity contribution in [3.8, 4) is 0 Å². The fourth-order valence-corrected chi connectivity index (χ4v) is 2.73. The Morgan fingerprint density at radius 1 is 1.17 bits per heavy atom. The van der Waals surface area contributed by atoms with Crippen molar-refractivity contribution in [1.82, 2.24) is 9.55 Å². The molecule has 10 heteroatoms. The van der Waals surface area contributed by atoms with Gasteiger partial charge in [-0.05, 0) is 13.8 Å². The number of imidazole rings is 1. The van der Waals surface area contributed by atoms with Crippen LogP contribution in [-0.4, -0.2) is 20.7 Å². The number of aryl methyl sites for hydroxylation is 1. The SMILES string of the molecule is CCn1ccnc1S[C@@H](C)C(=O)Nc1c(F)c(F)c(F)c(F)c1F. The zero-order valence-electron chi connectivity index (χ0n) is 12.5. The maximum Gasteiger partial charge on any atom is 0.237 e. The molecule has 2 rings (SSSR count). The summed E-state index contributed by atoms with van der Waals surface area (Å²) in [6, 6.07) is 0. The summed E-state index contributed by atoms with van der Waals surface area (Å²) in [4.78, 5) is 16.0. The van der Waals surface area contributed by atoms with Gasteiger partial charge in [0.25, 0.3) is 0 Å². The Hall–Kier alpha value is -2.10. The van der Waals surface area contributed by atoms with Crippen molar-refractivity contribution in [2.45, 2.75) is 30.8 Å². The number of benzene rings is 1. The summed E-state index contributed by atoms with van der Waals surface area (Å²) >= 11 is 0.985. The van der Waals surface area contributed by atoms with Gasteiger partial charge in [-0.15, -0.1) is 0 Å². The molecular weight excluding hydrogens is 353 g/mol. The minimum atomic E-state index is -2.28. The van der Waals surface area contributed by atoms with Crippen LogP contribution in [0.4, 0.5) is 27.6 Å². The molecule has 1 amide bonds. The van der Waals surface area contributed by atoms with Crippen LogP contribution < -0.4 is 5.32 Å². The van der Waals surface area contributed by atoms with Crippen molar-refractivity contribution in [2.24, 2.45) is 0 Å². The first-order valence-electron chi connectivity index (χ1n) is 6.78. The van der Waals surface area contributed by atoms with Crippen LogP contribution in [0.15, 0.2) is 17.6 Å². The highest BCUT2D eigenvalue weighted by Gasteiger charge is 2.28. The molecular formula is C14H12F5N3OS. The summed E-state index contributed by atoms with van der Waals surface area (Å²) in [6.45, 7) is 3.86. The van der Waals surface area contributed by atoms with Crippen LogP contribution in [-0.2, 0) is 11.3 Å². The Kier molecular flexibility index (Phi) is 5.47. The van der Waals surface area contributed by atoms with Crippen molar-refractivity contribution in [2.75, 3.05) is 5.32 Å². The summed E-state index contributed by atoms with van der Waals surface area (Å²) in [5.41, 5.74) is -1.37. The third-order valence-corrected chi connectivity index (χ3v) is 4.25. The van der Waals surface area contributed by atoms with Crippen LogP contribution in [0.3, 0.4) is 0 Å². The molecule has 24 heavy (non-hydrogen) atoms. The fraction of sp³-hybridized carbons (Fsp3) is 0.286. The van der Waals surface area contributed by atoms with Gasteiger partial charge in [-0.2, -0.15) is 0 Å². The molecule has 0 aliphatic heterocycles. The van der Waals surface area contributed by atoms with E-state index in [1.54, 1.807) is 16.1 Å². The van der Waals surface area contributed by atoms with Crippen LogP contribution >= 0.6 is 11.8 Å². The summed E-state index contributed by atoms with van der Waals surface area (Å²) < 4.78 is 68.1. The number of carbonyl (C=O) groups is 1. The number of rotatable bonds is 5. The molecule has 1 aromatic carbocycles. The van der Waals surface area contributed by atoms with Gasteiger partial charge in [0, 0.05) is 18.9 Å². The Balaban J connectivity index is 2.21. The van der Waals surface area contributed by atoms with E-state index in [1.165, 1.54) is 13.1 Å². The Bertz CT molecular complexity index is 751. The highest BCUT2D eigenvalue weighted by atomic mass is 32.2. The highest BCUT2D eigenvalue weighted by Crippen LogP contribution is 2.28. The van der Waals surface area contributed by atoms with E-state index in [2.05, 4.69) is 4.98 Å². The summed E-state index contributed by atoms with van der Waals surface area (Å²) in [6.07, 6.45) is 3.19. The maximum absolute atomic E-state index is 13.6. The number of anilines is 1. The lowest BCUT2D eigenvalue weighted by atomic mass is 10.2. The molecule has 0 aliphatic carbocycles. The zero-order valence-corrected chi connectivity index (χ0v) is 13.4. The van der Waals surface area contributed by atoms with E-state index in [-0.39, 0.29) is 0 Å². The first-order valence-corrected chi connectivity index (χ1v) is 7.65. The number of halogens is 5. The number of hydrogen-bond acceptors (Lipinski definition) is 3. The van der Waals surface area contributed by atoms with Crippen LogP contribution in [0.5, 0.6) is 0 Å². The third-order valence-electron chi connectivity index (χ3n) is 3.13. The quantitative estimate of drug-likeness (QED) is 0.380. The molecule has 0 fully saturated rings. The maximum atomic E-state index is 13.6. The normalized spacial score (nSPS) is 12.3. The molecule has 2 aromatic rings. The van der Waals surface area contributed by atoms with E-state index in [1.807, 2.05) is 6.92 Å². The highest BCUT2D eigenvalue weighted by molar-refractivity contribution is 8.00. The van der Waals surface area contributed by atoms with Crippen LogP contribution in [0.2, 0.25) is 0 Å². The molecule has 0 aliphatic rings. The number of nitrogens with zero attached hydrogens (tertiary/aromatic N) is 2. The molecule has 0 saturated heterocycles. The van der Waals surface area contributed by atoms with E-state index in [4.69, 9.17) is 0 Å². The fourth-order valence-electron chi connectivity index (χ4n) is 1.81. The van der Waals surface area contributed by atoms with Gasteiger partial charge in [0.2, 0.25) is 11.7 Å². The number of carbonyl (C=O) groups excluding carboxylic acids is 1. The number of nitrogens with one attached hydrogen (secondary N) is 1. The largest absolute Gasteiger partial charge is 0.326 e. The summed E-state index contributed by atoms with van der Waals surface area (Å²) in [5, 5.41) is 1.35. The van der Waals surface area contributed by atoms with Crippen LogP contribution in [0, 0.1) is 29.1 Å².